The Labute approximate surface area is 131 Å². The first kappa shape index (κ1) is 15.6. The van der Waals surface area contributed by atoms with Crippen LogP contribution in [0.25, 0.3) is 0 Å². The maximum absolute atomic E-state index is 13.5. The number of ether oxygens (including phenoxy) is 3. The van der Waals surface area contributed by atoms with Crippen LogP contribution < -0.4 is 14.2 Å². The molecule has 0 bridgehead atoms. The Kier molecular flexibility index (Phi) is 5.87. The Morgan fingerprint density at radius 3 is 2.19 bits per heavy atom. The van der Waals surface area contributed by atoms with Crippen molar-refractivity contribution in [1.82, 2.24) is 0 Å². The van der Waals surface area contributed by atoms with Gasteiger partial charge in [0.2, 0.25) is 0 Å². The van der Waals surface area contributed by atoms with Crippen molar-refractivity contribution in [3.05, 3.63) is 52.8 Å². The summed E-state index contributed by atoms with van der Waals surface area (Å²) >= 11 is 3.27. The van der Waals surface area contributed by atoms with Crippen molar-refractivity contribution < 1.29 is 18.6 Å². The molecule has 0 heterocycles. The Morgan fingerprint density at radius 1 is 0.905 bits per heavy atom. The minimum Gasteiger partial charge on any atom is -0.490 e. The van der Waals surface area contributed by atoms with Crippen molar-refractivity contribution in [3.63, 3.8) is 0 Å². The van der Waals surface area contributed by atoms with Crippen molar-refractivity contribution in [2.24, 2.45) is 0 Å². The first-order chi connectivity index (χ1) is 10.2. The molecule has 0 radical (unpaired) electrons. The van der Waals surface area contributed by atoms with Crippen molar-refractivity contribution in [2.45, 2.75) is 6.92 Å². The van der Waals surface area contributed by atoms with E-state index in [-0.39, 0.29) is 12.4 Å². The summed E-state index contributed by atoms with van der Waals surface area (Å²) in [6.45, 7) is 3.03. The summed E-state index contributed by atoms with van der Waals surface area (Å²) in [4.78, 5) is 0. The van der Waals surface area contributed by atoms with E-state index in [2.05, 4.69) is 15.9 Å². The fourth-order valence-corrected chi connectivity index (χ4v) is 2.08. The summed E-state index contributed by atoms with van der Waals surface area (Å²) in [5.41, 5.74) is 0. The smallest absolute Gasteiger partial charge is 0.165 e. The third kappa shape index (κ3) is 4.63. The molecule has 3 nitrogen and oxygen atoms in total. The molecule has 0 aromatic heterocycles. The minimum atomic E-state index is -0.395. The molecule has 0 unspecified atom stereocenters. The van der Waals surface area contributed by atoms with E-state index in [1.165, 1.54) is 6.07 Å². The van der Waals surface area contributed by atoms with Gasteiger partial charge in [-0.25, -0.2) is 4.39 Å². The first-order valence-corrected chi connectivity index (χ1v) is 7.42. The summed E-state index contributed by atoms with van der Waals surface area (Å²) in [7, 11) is 0. The van der Waals surface area contributed by atoms with Gasteiger partial charge >= 0.3 is 0 Å². The van der Waals surface area contributed by atoms with Crippen LogP contribution in [-0.4, -0.2) is 19.8 Å². The van der Waals surface area contributed by atoms with E-state index in [1.807, 2.05) is 31.2 Å². The van der Waals surface area contributed by atoms with Gasteiger partial charge in [0.15, 0.2) is 23.1 Å². The number of halogens is 2. The molecule has 0 fully saturated rings. The topological polar surface area (TPSA) is 27.7 Å². The molecule has 0 aliphatic rings. The average Bonchev–Trinajstić information content (AvgIpc) is 2.49. The number of para-hydroxylation sites is 2. The van der Waals surface area contributed by atoms with Gasteiger partial charge in [0.05, 0.1) is 6.61 Å². The monoisotopic (exact) mass is 354 g/mol. The molecule has 21 heavy (non-hydrogen) atoms. The van der Waals surface area contributed by atoms with Crippen LogP contribution in [0.1, 0.15) is 6.92 Å². The summed E-state index contributed by atoms with van der Waals surface area (Å²) in [5, 5.41) is 0. The molecule has 0 aliphatic carbocycles. The van der Waals surface area contributed by atoms with Crippen molar-refractivity contribution >= 4 is 15.9 Å². The molecule has 0 spiro atoms. The van der Waals surface area contributed by atoms with Gasteiger partial charge in [-0.1, -0.05) is 28.1 Å². The molecule has 0 aliphatic heterocycles. The minimum absolute atomic E-state index is 0.200. The van der Waals surface area contributed by atoms with E-state index < -0.39 is 5.82 Å². The largest absolute Gasteiger partial charge is 0.490 e. The number of hydrogen-bond donors (Lipinski definition) is 0. The zero-order valence-corrected chi connectivity index (χ0v) is 13.2. The van der Waals surface area contributed by atoms with Gasteiger partial charge in [-0.2, -0.15) is 0 Å². The lowest BCUT2D eigenvalue weighted by Crippen LogP contribution is -2.10. The van der Waals surface area contributed by atoms with E-state index in [9.17, 15) is 4.39 Å². The summed E-state index contributed by atoms with van der Waals surface area (Å²) in [6.07, 6.45) is 0. The molecule has 5 heteroatoms. The van der Waals surface area contributed by atoms with Crippen molar-refractivity contribution in [1.29, 1.82) is 0 Å². The van der Waals surface area contributed by atoms with Crippen LogP contribution in [0.4, 0.5) is 4.39 Å². The molecular weight excluding hydrogens is 339 g/mol. The second-order valence-electron chi connectivity index (χ2n) is 4.15. The third-order valence-electron chi connectivity index (χ3n) is 2.64. The molecule has 0 saturated carbocycles. The Balaban J connectivity index is 1.86. The van der Waals surface area contributed by atoms with Crippen LogP contribution in [0, 0.1) is 5.82 Å². The van der Waals surface area contributed by atoms with Gasteiger partial charge in [-0.15, -0.1) is 0 Å². The van der Waals surface area contributed by atoms with Gasteiger partial charge in [-0.3, -0.25) is 0 Å². The highest BCUT2D eigenvalue weighted by molar-refractivity contribution is 9.10. The predicted molar refractivity (Wildman–Crippen MR) is 82.7 cm³/mol. The Bertz CT molecular complexity index is 589. The molecule has 0 N–H and O–H groups in total. The van der Waals surface area contributed by atoms with Crippen LogP contribution in [0.5, 0.6) is 17.2 Å². The maximum atomic E-state index is 13.5. The van der Waals surface area contributed by atoms with E-state index in [0.717, 1.165) is 4.47 Å². The van der Waals surface area contributed by atoms with Crippen LogP contribution in [0.15, 0.2) is 46.9 Å². The van der Waals surface area contributed by atoms with Crippen molar-refractivity contribution in [3.8, 4) is 17.2 Å². The van der Waals surface area contributed by atoms with Crippen LogP contribution in [0.2, 0.25) is 0 Å². The van der Waals surface area contributed by atoms with E-state index >= 15 is 0 Å². The summed E-state index contributed by atoms with van der Waals surface area (Å²) < 4.78 is 30.7. The first-order valence-electron chi connectivity index (χ1n) is 6.63. The fraction of sp³-hybridized carbons (Fsp3) is 0.250. The molecular formula is C16H16BrFO3. The van der Waals surface area contributed by atoms with Gasteiger partial charge in [0.25, 0.3) is 0 Å². The second-order valence-corrected chi connectivity index (χ2v) is 5.07. The Morgan fingerprint density at radius 2 is 1.52 bits per heavy atom. The highest BCUT2D eigenvalue weighted by Crippen LogP contribution is 2.26. The van der Waals surface area contributed by atoms with E-state index in [0.29, 0.717) is 24.7 Å². The average molecular weight is 355 g/mol. The third-order valence-corrected chi connectivity index (χ3v) is 3.13. The number of rotatable bonds is 7. The van der Waals surface area contributed by atoms with Crippen LogP contribution >= 0.6 is 15.9 Å². The van der Waals surface area contributed by atoms with E-state index in [1.54, 1.807) is 12.1 Å². The maximum Gasteiger partial charge on any atom is 0.165 e. The molecule has 0 amide bonds. The lowest BCUT2D eigenvalue weighted by molar-refractivity contribution is 0.203. The van der Waals surface area contributed by atoms with Gasteiger partial charge in [0.1, 0.15) is 13.2 Å². The van der Waals surface area contributed by atoms with Crippen LogP contribution in [-0.2, 0) is 0 Å². The Hall–Kier alpha value is -1.75. The molecule has 112 valence electrons. The SMILES string of the molecule is CCOc1ccccc1OCCOc1cc(Br)ccc1F. The van der Waals surface area contributed by atoms with Gasteiger partial charge in [-0.05, 0) is 37.3 Å². The zero-order valence-electron chi connectivity index (χ0n) is 11.6. The predicted octanol–water partition coefficient (Wildman–Crippen LogP) is 4.44. The molecule has 2 aromatic rings. The standard InChI is InChI=1S/C16H16BrFO3/c1-2-19-14-5-3-4-6-15(14)20-9-10-21-16-11-12(17)7-8-13(16)18/h3-8,11H,2,9-10H2,1H3. The van der Waals surface area contributed by atoms with Gasteiger partial charge < -0.3 is 14.2 Å². The summed E-state index contributed by atoms with van der Waals surface area (Å²) in [5.74, 6) is 1.14. The number of hydrogen-bond acceptors (Lipinski definition) is 3. The lowest BCUT2D eigenvalue weighted by atomic mass is 10.3. The fourth-order valence-electron chi connectivity index (χ4n) is 1.74. The highest BCUT2D eigenvalue weighted by atomic mass is 79.9. The molecule has 0 atom stereocenters. The zero-order chi connectivity index (χ0) is 15.1. The quantitative estimate of drug-likeness (QED) is 0.687. The highest BCUT2D eigenvalue weighted by Gasteiger charge is 2.06. The molecule has 2 aromatic carbocycles. The van der Waals surface area contributed by atoms with Gasteiger partial charge in [0, 0.05) is 4.47 Å². The number of benzene rings is 2. The normalized spacial score (nSPS) is 10.2. The molecule has 2 rings (SSSR count). The van der Waals surface area contributed by atoms with Crippen LogP contribution in [0.3, 0.4) is 0 Å². The second kappa shape index (κ2) is 7.88. The molecule has 0 saturated heterocycles. The van der Waals surface area contributed by atoms with Crippen molar-refractivity contribution in [2.75, 3.05) is 19.8 Å². The lowest BCUT2D eigenvalue weighted by Gasteiger charge is -2.12. The summed E-state index contributed by atoms with van der Waals surface area (Å²) in [6, 6.07) is 12.0. The van der Waals surface area contributed by atoms with E-state index in [4.69, 9.17) is 14.2 Å².